The lowest BCUT2D eigenvalue weighted by Gasteiger charge is -2.38. The molecule has 0 aromatic heterocycles. The summed E-state index contributed by atoms with van der Waals surface area (Å²) in [6, 6.07) is 18.4. The summed E-state index contributed by atoms with van der Waals surface area (Å²) in [6.07, 6.45) is 0.198. The molecule has 7 heteroatoms. The summed E-state index contributed by atoms with van der Waals surface area (Å²) in [5.41, 5.74) is 3.74. The van der Waals surface area contributed by atoms with Crippen LogP contribution in [-0.2, 0) is 0 Å². The second-order valence-electron chi connectivity index (χ2n) is 7.21. The zero-order valence-electron chi connectivity index (χ0n) is 16.0. The number of halogens is 3. The number of ether oxygens (including phenoxy) is 2. The largest absolute Gasteiger partial charge is 0.497 e. The van der Waals surface area contributed by atoms with Crippen LogP contribution in [0.25, 0.3) is 0 Å². The number of hydrogen-bond acceptors (Lipinski definition) is 4. The van der Waals surface area contributed by atoms with Gasteiger partial charge in [0.25, 0.3) is 0 Å². The second-order valence-corrected chi connectivity index (χ2v) is 8.98. The molecule has 30 heavy (non-hydrogen) atoms. The zero-order valence-corrected chi connectivity index (χ0v) is 19.2. The lowest BCUT2D eigenvalue weighted by molar-refractivity contribution is -0.0199. The summed E-state index contributed by atoms with van der Waals surface area (Å²) in [6.45, 7) is 0. The summed E-state index contributed by atoms with van der Waals surface area (Å²) in [5, 5.41) is 6.85. The molecular weight excluding hydrogens is 515 g/mol. The van der Waals surface area contributed by atoms with Crippen LogP contribution < -0.4 is 9.47 Å². The van der Waals surface area contributed by atoms with Crippen LogP contribution in [0.5, 0.6) is 11.5 Å². The van der Waals surface area contributed by atoms with Crippen LogP contribution in [0.3, 0.4) is 0 Å². The quantitative estimate of drug-likeness (QED) is 0.381. The van der Waals surface area contributed by atoms with Crippen LogP contribution in [0.4, 0.5) is 4.39 Å². The third-order valence-corrected chi connectivity index (χ3v) is 6.41. The summed E-state index contributed by atoms with van der Waals surface area (Å²) >= 11 is 7.20. The van der Waals surface area contributed by atoms with E-state index in [2.05, 4.69) is 37.9 Å². The Hall–Kier alpha value is -2.38. The van der Waals surface area contributed by atoms with E-state index in [0.717, 1.165) is 49.3 Å². The van der Waals surface area contributed by atoms with Crippen molar-refractivity contribution in [1.82, 2.24) is 5.01 Å². The van der Waals surface area contributed by atoms with Gasteiger partial charge in [-0.2, -0.15) is 5.10 Å². The Morgan fingerprint density at radius 3 is 2.63 bits per heavy atom. The maximum absolute atomic E-state index is 14.0. The minimum absolute atomic E-state index is 0.0204. The molecule has 0 saturated carbocycles. The molecule has 4 nitrogen and oxygen atoms in total. The summed E-state index contributed by atoms with van der Waals surface area (Å²) < 4.78 is 27.4. The normalized spacial score (nSPS) is 19.6. The molecule has 0 aliphatic carbocycles. The van der Waals surface area contributed by atoms with Crippen LogP contribution in [0.2, 0.25) is 0 Å². The van der Waals surface area contributed by atoms with Gasteiger partial charge in [-0.25, -0.2) is 9.40 Å². The second kappa shape index (κ2) is 7.71. The Morgan fingerprint density at radius 2 is 1.90 bits per heavy atom. The Labute approximate surface area is 190 Å². The van der Waals surface area contributed by atoms with E-state index in [9.17, 15) is 4.39 Å². The lowest BCUT2D eigenvalue weighted by atomic mass is 9.96. The zero-order chi connectivity index (χ0) is 20.8. The van der Waals surface area contributed by atoms with Crippen LogP contribution >= 0.6 is 31.9 Å². The van der Waals surface area contributed by atoms with Crippen molar-refractivity contribution in [2.45, 2.75) is 18.7 Å². The summed E-state index contributed by atoms with van der Waals surface area (Å²) in [7, 11) is 1.65. The van der Waals surface area contributed by atoms with Gasteiger partial charge in [-0.05, 0) is 70.0 Å². The average Bonchev–Trinajstić information content (AvgIpc) is 3.19. The molecule has 0 unspecified atom stereocenters. The molecular formula is C23H17Br2FN2O2. The van der Waals surface area contributed by atoms with Gasteiger partial charge in [0.15, 0.2) is 0 Å². The number of rotatable bonds is 3. The number of benzene rings is 3. The van der Waals surface area contributed by atoms with Gasteiger partial charge in [0, 0.05) is 22.0 Å². The first kappa shape index (κ1) is 19.6. The van der Waals surface area contributed by atoms with Crippen molar-refractivity contribution >= 4 is 37.6 Å². The molecule has 0 spiro atoms. The van der Waals surface area contributed by atoms with Crippen LogP contribution in [0, 0.1) is 5.82 Å². The minimum atomic E-state index is -0.522. The number of nitrogens with zero attached hydrogens (tertiary/aromatic N) is 2. The van der Waals surface area contributed by atoms with Crippen molar-refractivity contribution in [1.29, 1.82) is 0 Å². The monoisotopic (exact) mass is 530 g/mol. The molecule has 0 fully saturated rings. The highest BCUT2D eigenvalue weighted by atomic mass is 79.9. The van der Waals surface area contributed by atoms with Crippen LogP contribution in [0.1, 0.15) is 35.4 Å². The van der Waals surface area contributed by atoms with Crippen molar-refractivity contribution in [2.24, 2.45) is 5.10 Å². The van der Waals surface area contributed by atoms with E-state index in [0.29, 0.717) is 0 Å². The minimum Gasteiger partial charge on any atom is -0.497 e. The molecule has 2 atom stereocenters. The Kier molecular flexibility index (Phi) is 5.03. The molecule has 2 aliphatic heterocycles. The fraction of sp³-hybridized carbons (Fsp3) is 0.174. The first-order valence-corrected chi connectivity index (χ1v) is 11.0. The fourth-order valence-corrected chi connectivity index (χ4v) is 5.30. The molecule has 5 rings (SSSR count). The van der Waals surface area contributed by atoms with Crippen molar-refractivity contribution < 1.29 is 13.9 Å². The number of hydrogen-bond donors (Lipinski definition) is 0. The van der Waals surface area contributed by atoms with Gasteiger partial charge < -0.3 is 9.47 Å². The number of methoxy groups -OCH3 is 1. The summed E-state index contributed by atoms with van der Waals surface area (Å²) in [4.78, 5) is 0. The molecule has 0 amide bonds. The van der Waals surface area contributed by atoms with Crippen molar-refractivity contribution in [2.75, 3.05) is 7.11 Å². The maximum atomic E-state index is 14.0. The molecule has 152 valence electrons. The molecule has 0 N–H and O–H groups in total. The molecule has 2 aliphatic rings. The van der Waals surface area contributed by atoms with Gasteiger partial charge in [-0.1, -0.05) is 28.1 Å². The fourth-order valence-electron chi connectivity index (χ4n) is 3.95. The van der Waals surface area contributed by atoms with E-state index < -0.39 is 6.23 Å². The molecule has 0 bridgehead atoms. The molecule has 0 radical (unpaired) electrons. The highest BCUT2D eigenvalue weighted by Gasteiger charge is 2.42. The molecule has 2 heterocycles. The average molecular weight is 532 g/mol. The van der Waals surface area contributed by atoms with E-state index in [-0.39, 0.29) is 11.9 Å². The van der Waals surface area contributed by atoms with E-state index in [1.165, 1.54) is 12.1 Å². The van der Waals surface area contributed by atoms with Crippen LogP contribution in [0.15, 0.2) is 74.7 Å². The molecule has 3 aromatic rings. The first-order valence-electron chi connectivity index (χ1n) is 9.45. The maximum Gasteiger partial charge on any atom is 0.214 e. The van der Waals surface area contributed by atoms with Crippen molar-refractivity contribution in [3.05, 3.63) is 92.1 Å². The Morgan fingerprint density at radius 1 is 1.10 bits per heavy atom. The van der Waals surface area contributed by atoms with Gasteiger partial charge in [0.1, 0.15) is 17.3 Å². The van der Waals surface area contributed by atoms with Gasteiger partial charge in [0.2, 0.25) is 6.23 Å². The van der Waals surface area contributed by atoms with Gasteiger partial charge in [0.05, 0.1) is 23.3 Å². The van der Waals surface area contributed by atoms with E-state index in [4.69, 9.17) is 14.6 Å². The Balaban J connectivity index is 1.61. The standard InChI is InChI=1S/C23H17Br2FN2O2/c1-29-17-7-5-13(6-8-17)20-12-21-18-10-15(24)11-19(25)22(18)30-23(28(21)27-20)14-3-2-4-16(26)9-14/h2-11,21,23H,12H2,1H3/t21-,23+/m0/s1. The van der Waals surface area contributed by atoms with Gasteiger partial charge >= 0.3 is 0 Å². The summed E-state index contributed by atoms with van der Waals surface area (Å²) in [5.74, 6) is 1.26. The van der Waals surface area contributed by atoms with E-state index >= 15 is 0 Å². The highest BCUT2D eigenvalue weighted by Crippen LogP contribution is 2.50. The van der Waals surface area contributed by atoms with E-state index in [1.807, 2.05) is 41.4 Å². The predicted octanol–water partition coefficient (Wildman–Crippen LogP) is 6.60. The van der Waals surface area contributed by atoms with E-state index in [1.54, 1.807) is 13.2 Å². The number of hydrazone groups is 1. The third kappa shape index (κ3) is 3.40. The smallest absolute Gasteiger partial charge is 0.214 e. The van der Waals surface area contributed by atoms with Crippen molar-refractivity contribution in [3.63, 3.8) is 0 Å². The molecule has 3 aromatic carbocycles. The molecule has 0 saturated heterocycles. The third-order valence-electron chi connectivity index (χ3n) is 5.37. The van der Waals surface area contributed by atoms with Gasteiger partial charge in [-0.3, -0.25) is 0 Å². The highest BCUT2D eigenvalue weighted by molar-refractivity contribution is 9.11. The predicted molar refractivity (Wildman–Crippen MR) is 120 cm³/mol. The number of fused-ring (bicyclic) bond motifs is 3. The van der Waals surface area contributed by atoms with Crippen LogP contribution in [-0.4, -0.2) is 17.8 Å². The SMILES string of the molecule is COc1ccc(C2=NN3[C@@H](c4cccc(F)c4)Oc4c(Br)cc(Br)cc4[C@@H]3C2)cc1. The van der Waals surface area contributed by atoms with Crippen molar-refractivity contribution in [3.8, 4) is 11.5 Å². The topological polar surface area (TPSA) is 34.1 Å². The van der Waals surface area contributed by atoms with Gasteiger partial charge in [-0.15, -0.1) is 0 Å². The first-order chi connectivity index (χ1) is 14.5. The Bertz CT molecular complexity index is 1150. The lowest BCUT2D eigenvalue weighted by Crippen LogP contribution is -2.34.